The summed E-state index contributed by atoms with van der Waals surface area (Å²) >= 11 is 0. The Balaban J connectivity index is 1.48. The highest BCUT2D eigenvalue weighted by atomic mass is 32.2. The van der Waals surface area contributed by atoms with Gasteiger partial charge in [-0.15, -0.1) is 0 Å². The molecule has 1 aliphatic heterocycles. The summed E-state index contributed by atoms with van der Waals surface area (Å²) < 4.78 is 51.7. The van der Waals surface area contributed by atoms with Crippen LogP contribution >= 0.6 is 0 Å². The minimum atomic E-state index is -3.63. The molecule has 0 spiro atoms. The molecule has 1 saturated heterocycles. The van der Waals surface area contributed by atoms with E-state index in [9.17, 15) is 31.2 Å². The molecule has 0 saturated carbocycles. The van der Waals surface area contributed by atoms with Crippen LogP contribution in [0.15, 0.2) is 58.3 Å². The van der Waals surface area contributed by atoms with Crippen LogP contribution in [0.25, 0.3) is 0 Å². The third-order valence-corrected chi connectivity index (χ3v) is 9.18. The van der Waals surface area contributed by atoms with Gasteiger partial charge in [0.2, 0.25) is 20.0 Å². The third kappa shape index (κ3) is 6.26. The van der Waals surface area contributed by atoms with Gasteiger partial charge in [0.15, 0.2) is 0 Å². The Hall–Kier alpha value is -3.33. The van der Waals surface area contributed by atoms with Crippen LogP contribution in [0.3, 0.4) is 0 Å². The molecule has 1 fully saturated rings. The van der Waals surface area contributed by atoms with Crippen LogP contribution in [0.1, 0.15) is 33.6 Å². The van der Waals surface area contributed by atoms with Gasteiger partial charge in [0.05, 0.1) is 16.3 Å². The number of hydrazine groups is 1. The van der Waals surface area contributed by atoms with Crippen molar-refractivity contribution in [1.82, 2.24) is 24.8 Å². The lowest BCUT2D eigenvalue weighted by atomic mass is 10.2. The van der Waals surface area contributed by atoms with Gasteiger partial charge < -0.3 is 5.32 Å². The van der Waals surface area contributed by atoms with Crippen LogP contribution in [0, 0.1) is 0 Å². The second-order valence-corrected chi connectivity index (χ2v) is 12.2. The van der Waals surface area contributed by atoms with E-state index in [1.807, 2.05) is 0 Å². The van der Waals surface area contributed by atoms with E-state index in [4.69, 9.17) is 0 Å². The molecule has 3 N–H and O–H groups in total. The van der Waals surface area contributed by atoms with Crippen molar-refractivity contribution in [3.8, 4) is 0 Å². The molecule has 3 rings (SSSR count). The quantitative estimate of drug-likeness (QED) is 0.397. The van der Waals surface area contributed by atoms with Crippen molar-refractivity contribution in [2.75, 3.05) is 33.7 Å². The van der Waals surface area contributed by atoms with Crippen molar-refractivity contribution < 1.29 is 31.2 Å². The average molecular weight is 538 g/mol. The maximum atomic E-state index is 12.6. The number of amides is 3. The first-order valence-electron chi connectivity index (χ1n) is 10.9. The van der Waals surface area contributed by atoms with E-state index in [2.05, 4.69) is 16.2 Å². The zero-order chi connectivity index (χ0) is 26.5. The maximum Gasteiger partial charge on any atom is 0.269 e. The second kappa shape index (κ2) is 11.2. The first-order chi connectivity index (χ1) is 16.9. The van der Waals surface area contributed by atoms with Gasteiger partial charge in [-0.05, 0) is 61.4 Å². The van der Waals surface area contributed by atoms with Gasteiger partial charge >= 0.3 is 0 Å². The lowest BCUT2D eigenvalue weighted by molar-refractivity contribution is -0.120. The Morgan fingerprint density at radius 2 is 1.28 bits per heavy atom. The van der Waals surface area contributed by atoms with Crippen molar-refractivity contribution in [2.45, 2.75) is 22.6 Å². The van der Waals surface area contributed by atoms with Gasteiger partial charge in [-0.3, -0.25) is 25.2 Å². The van der Waals surface area contributed by atoms with Crippen LogP contribution in [-0.4, -0.2) is 76.9 Å². The number of sulfonamides is 2. The van der Waals surface area contributed by atoms with Crippen molar-refractivity contribution in [2.24, 2.45) is 0 Å². The number of benzene rings is 2. The van der Waals surface area contributed by atoms with E-state index in [-0.39, 0.29) is 20.9 Å². The minimum absolute atomic E-state index is 0.0196. The molecule has 0 atom stereocenters. The third-order valence-electron chi connectivity index (χ3n) is 5.44. The molecule has 36 heavy (non-hydrogen) atoms. The number of rotatable bonds is 8. The van der Waals surface area contributed by atoms with Crippen LogP contribution in [0.5, 0.6) is 0 Å². The number of nitrogens with one attached hydrogen (secondary N) is 3. The van der Waals surface area contributed by atoms with Gasteiger partial charge in [-0.2, -0.15) is 4.31 Å². The van der Waals surface area contributed by atoms with Gasteiger partial charge in [-0.1, -0.05) is 0 Å². The van der Waals surface area contributed by atoms with Crippen LogP contribution in [0.4, 0.5) is 0 Å². The minimum Gasteiger partial charge on any atom is -0.343 e. The average Bonchev–Trinajstić information content (AvgIpc) is 3.42. The van der Waals surface area contributed by atoms with E-state index in [0.717, 1.165) is 17.1 Å². The predicted molar refractivity (Wildman–Crippen MR) is 130 cm³/mol. The van der Waals surface area contributed by atoms with Crippen LogP contribution < -0.4 is 16.2 Å². The SMILES string of the molecule is CN(C)S(=O)(=O)c1ccc(C(=O)NCC(=O)NNC(=O)c2ccc(S(=O)(=O)N3CCCC3)cc2)cc1. The Kier molecular flexibility index (Phi) is 8.45. The zero-order valence-corrected chi connectivity index (χ0v) is 21.4. The maximum absolute atomic E-state index is 12.6. The standard InChI is InChI=1S/C22H27N5O7S2/c1-26(2)35(31,32)18-9-5-16(6-10-18)21(29)23-15-20(28)24-25-22(30)17-7-11-19(12-8-17)36(33,34)27-13-3-4-14-27/h5-12H,3-4,13-15H2,1-2H3,(H,23,29)(H,24,28)(H,25,30). The molecule has 12 nitrogen and oxygen atoms in total. The predicted octanol–water partition coefficient (Wildman–Crippen LogP) is -0.0876. The summed E-state index contributed by atoms with van der Waals surface area (Å²) in [5.74, 6) is -1.99. The molecular formula is C22H27N5O7S2. The van der Waals surface area contributed by atoms with Crippen LogP contribution in [-0.2, 0) is 24.8 Å². The lowest BCUT2D eigenvalue weighted by Gasteiger charge is -2.15. The molecule has 14 heteroatoms. The fraction of sp³-hybridized carbons (Fsp3) is 0.318. The number of hydrogen-bond acceptors (Lipinski definition) is 7. The number of carbonyl (C=O) groups is 3. The summed E-state index contributed by atoms with van der Waals surface area (Å²) in [5.41, 5.74) is 4.62. The Morgan fingerprint density at radius 1 is 0.778 bits per heavy atom. The van der Waals surface area contributed by atoms with Gasteiger partial charge in [0, 0.05) is 38.3 Å². The fourth-order valence-corrected chi connectivity index (χ4v) is 5.77. The van der Waals surface area contributed by atoms with E-state index >= 15 is 0 Å². The molecule has 2 aromatic carbocycles. The number of carbonyl (C=O) groups excluding carboxylic acids is 3. The second-order valence-electron chi connectivity index (χ2n) is 8.13. The van der Waals surface area contributed by atoms with Crippen molar-refractivity contribution >= 4 is 37.8 Å². The zero-order valence-electron chi connectivity index (χ0n) is 19.7. The highest BCUT2D eigenvalue weighted by Crippen LogP contribution is 2.21. The number of hydrogen-bond donors (Lipinski definition) is 3. The van der Waals surface area contributed by atoms with Gasteiger partial charge in [0.25, 0.3) is 17.7 Å². The molecule has 1 heterocycles. The molecule has 0 unspecified atom stereocenters. The van der Waals surface area contributed by atoms with E-state index in [0.29, 0.717) is 13.1 Å². The first kappa shape index (κ1) is 27.3. The fourth-order valence-electron chi connectivity index (χ4n) is 3.35. The summed E-state index contributed by atoms with van der Waals surface area (Å²) in [6, 6.07) is 10.6. The largest absolute Gasteiger partial charge is 0.343 e. The Morgan fingerprint density at radius 3 is 1.81 bits per heavy atom. The monoisotopic (exact) mass is 537 g/mol. The normalized spacial score (nSPS) is 14.4. The number of nitrogens with zero attached hydrogens (tertiary/aromatic N) is 2. The Bertz CT molecular complexity index is 1330. The molecule has 2 aromatic rings. The van der Waals surface area contributed by atoms with Crippen molar-refractivity contribution in [1.29, 1.82) is 0 Å². The smallest absolute Gasteiger partial charge is 0.269 e. The van der Waals surface area contributed by atoms with E-state index < -0.39 is 44.3 Å². The molecule has 194 valence electrons. The molecule has 0 aromatic heterocycles. The van der Waals surface area contributed by atoms with E-state index in [1.54, 1.807) is 0 Å². The van der Waals surface area contributed by atoms with Crippen molar-refractivity contribution in [3.63, 3.8) is 0 Å². The van der Waals surface area contributed by atoms with Crippen LogP contribution in [0.2, 0.25) is 0 Å². The summed E-state index contributed by atoms with van der Waals surface area (Å²) in [6.07, 6.45) is 1.63. The summed E-state index contributed by atoms with van der Waals surface area (Å²) in [6.45, 7) is 0.484. The van der Waals surface area contributed by atoms with E-state index in [1.165, 1.54) is 66.9 Å². The summed E-state index contributed by atoms with van der Waals surface area (Å²) in [4.78, 5) is 36.6. The molecule has 3 amide bonds. The first-order valence-corrected chi connectivity index (χ1v) is 13.8. The van der Waals surface area contributed by atoms with Gasteiger partial charge in [-0.25, -0.2) is 21.1 Å². The highest BCUT2D eigenvalue weighted by molar-refractivity contribution is 7.89. The molecular weight excluding hydrogens is 510 g/mol. The summed E-state index contributed by atoms with van der Waals surface area (Å²) in [7, 11) is -4.45. The molecule has 1 aliphatic rings. The molecule has 0 aliphatic carbocycles. The highest BCUT2D eigenvalue weighted by Gasteiger charge is 2.27. The topological polar surface area (TPSA) is 162 Å². The Labute approximate surface area is 209 Å². The van der Waals surface area contributed by atoms with Gasteiger partial charge in [0.1, 0.15) is 0 Å². The lowest BCUT2D eigenvalue weighted by Crippen LogP contribution is -2.46. The summed E-state index contributed by atoms with van der Waals surface area (Å²) in [5, 5.41) is 2.36. The van der Waals surface area contributed by atoms with Crippen molar-refractivity contribution in [3.05, 3.63) is 59.7 Å². The molecule has 0 bridgehead atoms. The molecule has 0 radical (unpaired) electrons.